The molecule has 1 aliphatic carbocycles. The van der Waals surface area contributed by atoms with E-state index in [-0.39, 0.29) is 11.8 Å². The summed E-state index contributed by atoms with van der Waals surface area (Å²) in [6.07, 6.45) is 10.2. The van der Waals surface area contributed by atoms with Crippen LogP contribution in [0, 0.1) is 5.92 Å². The van der Waals surface area contributed by atoms with Gasteiger partial charge in [-0.25, -0.2) is 0 Å². The summed E-state index contributed by atoms with van der Waals surface area (Å²) in [6, 6.07) is 2.43. The number of hydrogen-bond donors (Lipinski definition) is 1. The first kappa shape index (κ1) is 13.8. The zero-order chi connectivity index (χ0) is 13.9. The number of Topliss-reactive ketones (excluding diaryl/α,β-unsaturated/α-hetero) is 1. The van der Waals surface area contributed by atoms with Gasteiger partial charge in [0.05, 0.1) is 6.04 Å². The van der Waals surface area contributed by atoms with Crippen molar-refractivity contribution in [3.8, 4) is 0 Å². The molecule has 3 rings (SSSR count). The minimum absolute atomic E-state index is 0.00153. The molecule has 1 aliphatic heterocycles. The maximum absolute atomic E-state index is 12.7. The lowest BCUT2D eigenvalue weighted by molar-refractivity contribution is 0.0850. The van der Waals surface area contributed by atoms with Gasteiger partial charge >= 0.3 is 0 Å². The number of aromatic nitrogens is 2. The van der Waals surface area contributed by atoms with Crippen LogP contribution in [-0.4, -0.2) is 27.6 Å². The van der Waals surface area contributed by atoms with Crippen LogP contribution in [0.1, 0.15) is 62.4 Å². The lowest BCUT2D eigenvalue weighted by atomic mass is 9.77. The van der Waals surface area contributed by atoms with Gasteiger partial charge in [-0.2, -0.15) is 5.10 Å². The Bertz CT molecular complexity index is 468. The Morgan fingerprint density at radius 2 is 2.20 bits per heavy atom. The van der Waals surface area contributed by atoms with Gasteiger partial charge in [-0.3, -0.25) is 9.48 Å². The summed E-state index contributed by atoms with van der Waals surface area (Å²) in [5.41, 5.74) is 0.776. The van der Waals surface area contributed by atoms with Crippen LogP contribution in [-0.2, 0) is 6.54 Å². The van der Waals surface area contributed by atoms with E-state index < -0.39 is 0 Å². The fourth-order valence-electron chi connectivity index (χ4n) is 3.81. The second-order valence-corrected chi connectivity index (χ2v) is 6.25. The summed E-state index contributed by atoms with van der Waals surface area (Å²) in [6.45, 7) is 2.94. The zero-order valence-electron chi connectivity index (χ0n) is 12.3. The molecule has 2 aliphatic rings. The van der Waals surface area contributed by atoms with Gasteiger partial charge in [0.1, 0.15) is 5.69 Å². The van der Waals surface area contributed by atoms with E-state index in [0.29, 0.717) is 6.04 Å². The lowest BCUT2D eigenvalue weighted by Gasteiger charge is -2.39. The molecule has 0 radical (unpaired) electrons. The van der Waals surface area contributed by atoms with Crippen molar-refractivity contribution in [2.75, 3.05) is 0 Å². The van der Waals surface area contributed by atoms with Gasteiger partial charge in [-0.1, -0.05) is 19.8 Å². The molecule has 1 N–H and O–H groups in total. The van der Waals surface area contributed by atoms with Crippen molar-refractivity contribution < 1.29 is 4.79 Å². The number of fused-ring (bicyclic) bond motifs is 1. The molecule has 0 amide bonds. The van der Waals surface area contributed by atoms with E-state index in [1.807, 2.05) is 10.7 Å². The van der Waals surface area contributed by atoms with Gasteiger partial charge in [0, 0.05) is 18.8 Å². The molecular formula is C16H25N3O. The Kier molecular flexibility index (Phi) is 4.20. The molecule has 4 heteroatoms. The second-order valence-electron chi connectivity index (χ2n) is 6.25. The summed E-state index contributed by atoms with van der Waals surface area (Å²) >= 11 is 0. The minimum atomic E-state index is 0.00153. The van der Waals surface area contributed by atoms with Crippen molar-refractivity contribution in [3.63, 3.8) is 0 Å². The number of rotatable bonds is 4. The molecule has 3 unspecified atom stereocenters. The Labute approximate surface area is 120 Å². The number of hydrogen-bond acceptors (Lipinski definition) is 3. The fraction of sp³-hybridized carbons (Fsp3) is 0.750. The number of piperidine rings is 1. The maximum atomic E-state index is 12.7. The van der Waals surface area contributed by atoms with Crippen molar-refractivity contribution in [1.82, 2.24) is 15.1 Å². The average molecular weight is 275 g/mol. The third-order valence-electron chi connectivity index (χ3n) is 4.87. The molecule has 4 nitrogen and oxygen atoms in total. The number of nitrogens with one attached hydrogen (secondary N) is 1. The summed E-state index contributed by atoms with van der Waals surface area (Å²) in [7, 11) is 0. The predicted octanol–water partition coefficient (Wildman–Crippen LogP) is 2.79. The highest BCUT2D eigenvalue weighted by molar-refractivity contribution is 5.98. The quantitative estimate of drug-likeness (QED) is 0.860. The van der Waals surface area contributed by atoms with Crippen LogP contribution >= 0.6 is 0 Å². The van der Waals surface area contributed by atoms with E-state index in [4.69, 9.17) is 0 Å². The molecule has 2 heterocycles. The summed E-state index contributed by atoms with van der Waals surface area (Å²) in [4.78, 5) is 12.7. The highest BCUT2D eigenvalue weighted by Gasteiger charge is 2.35. The fourth-order valence-corrected chi connectivity index (χ4v) is 3.81. The van der Waals surface area contributed by atoms with E-state index in [1.165, 1.54) is 32.1 Å². The smallest absolute Gasteiger partial charge is 0.197 e. The van der Waals surface area contributed by atoms with Crippen molar-refractivity contribution in [2.45, 2.75) is 70.5 Å². The van der Waals surface area contributed by atoms with Gasteiger partial charge in [0.25, 0.3) is 0 Å². The van der Waals surface area contributed by atoms with Crippen LogP contribution in [0.3, 0.4) is 0 Å². The van der Waals surface area contributed by atoms with E-state index in [2.05, 4.69) is 17.3 Å². The van der Waals surface area contributed by atoms with Gasteiger partial charge in [-0.15, -0.1) is 0 Å². The van der Waals surface area contributed by atoms with Crippen LogP contribution in [0.15, 0.2) is 12.3 Å². The molecule has 3 atom stereocenters. The first-order valence-electron chi connectivity index (χ1n) is 8.11. The normalized spacial score (nSPS) is 29.9. The van der Waals surface area contributed by atoms with Crippen molar-refractivity contribution in [2.24, 2.45) is 5.92 Å². The van der Waals surface area contributed by atoms with E-state index >= 15 is 0 Å². The number of carbonyl (C=O) groups is 1. The molecule has 20 heavy (non-hydrogen) atoms. The topological polar surface area (TPSA) is 46.9 Å². The third-order valence-corrected chi connectivity index (χ3v) is 4.87. The first-order chi connectivity index (χ1) is 9.79. The standard InChI is InChI=1S/C16H25N3O/c1-2-11-19-15(9-10-17-19)16(20)14-8-7-12-5-3-4-6-13(12)18-14/h9-10,12-14,18H,2-8,11H2,1H3. The van der Waals surface area contributed by atoms with Crippen LogP contribution in [0.25, 0.3) is 0 Å². The van der Waals surface area contributed by atoms with Crippen molar-refractivity contribution in [1.29, 1.82) is 0 Å². The van der Waals surface area contributed by atoms with Crippen LogP contribution in [0.5, 0.6) is 0 Å². The Morgan fingerprint density at radius 3 is 3.05 bits per heavy atom. The van der Waals surface area contributed by atoms with Gasteiger partial charge in [0.2, 0.25) is 0 Å². The average Bonchev–Trinajstić information content (AvgIpc) is 2.94. The van der Waals surface area contributed by atoms with Gasteiger partial charge in [0.15, 0.2) is 5.78 Å². The zero-order valence-corrected chi connectivity index (χ0v) is 12.3. The van der Waals surface area contributed by atoms with Gasteiger partial charge < -0.3 is 5.32 Å². The number of aryl methyl sites for hydroxylation is 1. The van der Waals surface area contributed by atoms with Crippen LogP contribution in [0.4, 0.5) is 0 Å². The third kappa shape index (κ3) is 2.66. The molecule has 110 valence electrons. The Balaban J connectivity index is 1.69. The Hall–Kier alpha value is -1.16. The molecule has 0 bridgehead atoms. The number of carbonyl (C=O) groups excluding carboxylic acids is 1. The minimum Gasteiger partial charge on any atom is -0.304 e. The van der Waals surface area contributed by atoms with E-state index in [1.54, 1.807) is 6.20 Å². The van der Waals surface area contributed by atoms with E-state index in [0.717, 1.165) is 31.0 Å². The molecule has 2 fully saturated rings. The Morgan fingerprint density at radius 1 is 1.35 bits per heavy atom. The SMILES string of the molecule is CCCn1nccc1C(=O)C1CCC2CCCCC2N1. The molecule has 1 saturated carbocycles. The lowest BCUT2D eigenvalue weighted by Crippen LogP contribution is -2.52. The molecule has 1 aromatic rings. The van der Waals surface area contributed by atoms with Crippen molar-refractivity contribution in [3.05, 3.63) is 18.0 Å². The first-order valence-corrected chi connectivity index (χ1v) is 8.11. The second kappa shape index (κ2) is 6.08. The molecule has 1 saturated heterocycles. The number of nitrogens with zero attached hydrogens (tertiary/aromatic N) is 2. The monoisotopic (exact) mass is 275 g/mol. The highest BCUT2D eigenvalue weighted by atomic mass is 16.1. The predicted molar refractivity (Wildman–Crippen MR) is 78.8 cm³/mol. The molecule has 0 aromatic carbocycles. The van der Waals surface area contributed by atoms with Gasteiger partial charge in [-0.05, 0) is 44.1 Å². The summed E-state index contributed by atoms with van der Waals surface area (Å²) in [5.74, 6) is 1.04. The maximum Gasteiger partial charge on any atom is 0.197 e. The van der Waals surface area contributed by atoms with Crippen LogP contribution in [0.2, 0.25) is 0 Å². The largest absolute Gasteiger partial charge is 0.304 e. The summed E-state index contributed by atoms with van der Waals surface area (Å²) < 4.78 is 1.86. The summed E-state index contributed by atoms with van der Waals surface area (Å²) in [5, 5.41) is 7.89. The van der Waals surface area contributed by atoms with E-state index in [9.17, 15) is 4.79 Å². The number of ketones is 1. The molecule has 1 aromatic heterocycles. The molecule has 0 spiro atoms. The highest BCUT2D eigenvalue weighted by Crippen LogP contribution is 2.32. The van der Waals surface area contributed by atoms with Crippen molar-refractivity contribution >= 4 is 5.78 Å². The molecular weight excluding hydrogens is 250 g/mol. The van der Waals surface area contributed by atoms with Crippen LogP contribution < -0.4 is 5.32 Å².